The van der Waals surface area contributed by atoms with E-state index in [0.717, 1.165) is 11.1 Å². The van der Waals surface area contributed by atoms with Gasteiger partial charge in [-0.05, 0) is 35.6 Å². The average Bonchev–Trinajstić information content (AvgIpc) is 2.42. The summed E-state index contributed by atoms with van der Waals surface area (Å²) in [6, 6.07) is 9.43. The first kappa shape index (κ1) is 15.5. The molecule has 21 heavy (non-hydrogen) atoms. The van der Waals surface area contributed by atoms with Crippen LogP contribution in [0.3, 0.4) is 0 Å². The number of nitrogens with zero attached hydrogens (tertiary/aromatic N) is 1. The van der Waals surface area contributed by atoms with Crippen LogP contribution in [0.15, 0.2) is 36.5 Å². The topological polar surface area (TPSA) is 42.0 Å². The lowest BCUT2D eigenvalue weighted by Crippen LogP contribution is -2.21. The Hall–Kier alpha value is -1.87. The Labute approximate surface area is 130 Å². The second-order valence-corrected chi connectivity index (χ2v) is 6.40. The van der Waals surface area contributed by atoms with E-state index in [1.54, 1.807) is 6.20 Å². The lowest BCUT2D eigenvalue weighted by molar-refractivity contribution is 0.102. The number of hydrogen-bond donors (Lipinski definition) is 1. The molecule has 1 heterocycles. The largest absolute Gasteiger partial charge is 0.319 e. The minimum Gasteiger partial charge on any atom is -0.319 e. The fourth-order valence-electron chi connectivity index (χ4n) is 2.19. The quantitative estimate of drug-likeness (QED) is 0.824. The maximum absolute atomic E-state index is 12.6. The van der Waals surface area contributed by atoms with Crippen molar-refractivity contribution in [3.63, 3.8) is 0 Å². The minimum atomic E-state index is -0.168. The molecule has 3 nitrogen and oxygen atoms in total. The van der Waals surface area contributed by atoms with Gasteiger partial charge in [0.25, 0.3) is 5.91 Å². The zero-order valence-corrected chi connectivity index (χ0v) is 13.5. The molecule has 1 amide bonds. The van der Waals surface area contributed by atoms with Gasteiger partial charge in [-0.3, -0.25) is 4.79 Å². The average molecular weight is 303 g/mol. The molecule has 0 aliphatic carbocycles. The molecule has 0 radical (unpaired) electrons. The van der Waals surface area contributed by atoms with Gasteiger partial charge in [-0.15, -0.1) is 0 Å². The van der Waals surface area contributed by atoms with Gasteiger partial charge in [0.05, 0.1) is 5.69 Å². The van der Waals surface area contributed by atoms with Crippen molar-refractivity contribution >= 4 is 23.2 Å². The Morgan fingerprint density at radius 3 is 2.48 bits per heavy atom. The van der Waals surface area contributed by atoms with Crippen LogP contribution >= 0.6 is 11.6 Å². The highest BCUT2D eigenvalue weighted by Crippen LogP contribution is 2.28. The van der Waals surface area contributed by atoms with Gasteiger partial charge < -0.3 is 5.32 Å². The third-order valence-corrected chi connectivity index (χ3v) is 3.62. The molecule has 0 atom stereocenters. The lowest BCUT2D eigenvalue weighted by Gasteiger charge is -2.22. The predicted molar refractivity (Wildman–Crippen MR) is 87.1 cm³/mol. The summed E-state index contributed by atoms with van der Waals surface area (Å²) in [5.41, 5.74) is 3.00. The van der Waals surface area contributed by atoms with Crippen LogP contribution in [0.5, 0.6) is 0 Å². The van der Waals surface area contributed by atoms with Crippen molar-refractivity contribution < 1.29 is 4.79 Å². The van der Waals surface area contributed by atoms with E-state index < -0.39 is 0 Å². The van der Waals surface area contributed by atoms with Gasteiger partial charge in [0.2, 0.25) is 0 Å². The molecule has 110 valence electrons. The van der Waals surface area contributed by atoms with Crippen LogP contribution in [-0.4, -0.2) is 10.9 Å². The summed E-state index contributed by atoms with van der Waals surface area (Å²) in [4.78, 5) is 16.6. The van der Waals surface area contributed by atoms with Gasteiger partial charge in [-0.2, -0.15) is 0 Å². The number of amides is 1. The number of hydrogen-bond acceptors (Lipinski definition) is 2. The van der Waals surface area contributed by atoms with E-state index >= 15 is 0 Å². The Bertz CT molecular complexity index is 654. The van der Waals surface area contributed by atoms with Crippen LogP contribution in [0, 0.1) is 6.92 Å². The molecule has 0 aliphatic rings. The van der Waals surface area contributed by atoms with E-state index in [4.69, 9.17) is 11.6 Å². The molecule has 0 aliphatic heterocycles. The first-order chi connectivity index (χ1) is 9.80. The van der Waals surface area contributed by atoms with Crippen LogP contribution in [0.2, 0.25) is 5.15 Å². The summed E-state index contributed by atoms with van der Waals surface area (Å²) in [7, 11) is 0. The molecule has 0 spiro atoms. The summed E-state index contributed by atoms with van der Waals surface area (Å²) in [5, 5.41) is 3.18. The van der Waals surface area contributed by atoms with Crippen LogP contribution in [0.25, 0.3) is 0 Å². The second kappa shape index (κ2) is 5.86. The molecule has 0 fully saturated rings. The number of nitrogens with one attached hydrogen (secondary N) is 1. The number of aromatic nitrogens is 1. The van der Waals surface area contributed by atoms with Crippen molar-refractivity contribution in [1.82, 2.24) is 4.98 Å². The smallest absolute Gasteiger partial charge is 0.256 e. The van der Waals surface area contributed by atoms with Gasteiger partial charge in [0.15, 0.2) is 5.15 Å². The van der Waals surface area contributed by atoms with Crippen LogP contribution < -0.4 is 5.32 Å². The van der Waals surface area contributed by atoms with Gasteiger partial charge in [-0.25, -0.2) is 4.98 Å². The summed E-state index contributed by atoms with van der Waals surface area (Å²) in [5.74, 6) is -0.168. The normalized spacial score (nSPS) is 11.3. The molecule has 0 saturated carbocycles. The Balaban J connectivity index is 2.38. The van der Waals surface area contributed by atoms with Gasteiger partial charge in [0, 0.05) is 11.8 Å². The van der Waals surface area contributed by atoms with Gasteiger partial charge >= 0.3 is 0 Å². The summed E-state index contributed by atoms with van der Waals surface area (Å²) >= 11 is 6.06. The molecule has 1 aromatic carbocycles. The third-order valence-electron chi connectivity index (χ3n) is 3.33. The molecule has 2 aromatic rings. The number of carbonyl (C=O) groups is 1. The van der Waals surface area contributed by atoms with Crippen molar-refractivity contribution in [3.8, 4) is 0 Å². The van der Waals surface area contributed by atoms with Crippen molar-refractivity contribution in [3.05, 3.63) is 58.4 Å². The number of rotatable bonds is 2. The Kier molecular flexibility index (Phi) is 4.33. The molecule has 1 aromatic heterocycles. The first-order valence-electron chi connectivity index (χ1n) is 6.82. The van der Waals surface area contributed by atoms with Gasteiger partial charge in [-0.1, -0.05) is 50.6 Å². The highest BCUT2D eigenvalue weighted by atomic mass is 35.5. The molecule has 2 rings (SSSR count). The number of halogens is 1. The molecular weight excluding hydrogens is 284 g/mol. The van der Waals surface area contributed by atoms with E-state index in [9.17, 15) is 4.79 Å². The van der Waals surface area contributed by atoms with Crippen LogP contribution in [-0.2, 0) is 5.41 Å². The zero-order chi connectivity index (χ0) is 15.6. The Morgan fingerprint density at radius 2 is 1.86 bits per heavy atom. The summed E-state index contributed by atoms with van der Waals surface area (Å²) in [6.07, 6.45) is 1.62. The van der Waals surface area contributed by atoms with Gasteiger partial charge in [0.1, 0.15) is 0 Å². The van der Waals surface area contributed by atoms with E-state index in [0.29, 0.717) is 16.4 Å². The molecular formula is C17H19ClN2O. The van der Waals surface area contributed by atoms with Crippen molar-refractivity contribution in [2.45, 2.75) is 33.1 Å². The number of carbonyl (C=O) groups excluding carboxylic acids is 1. The summed E-state index contributed by atoms with van der Waals surface area (Å²) in [6.45, 7) is 8.14. The van der Waals surface area contributed by atoms with Crippen LogP contribution in [0.1, 0.15) is 42.3 Å². The number of aryl methyl sites for hydroxylation is 1. The second-order valence-electron chi connectivity index (χ2n) is 6.04. The molecule has 0 bridgehead atoms. The maximum atomic E-state index is 12.6. The third kappa shape index (κ3) is 3.42. The van der Waals surface area contributed by atoms with E-state index in [-0.39, 0.29) is 11.3 Å². The van der Waals surface area contributed by atoms with E-state index in [1.165, 1.54) is 0 Å². The van der Waals surface area contributed by atoms with Crippen molar-refractivity contribution in [2.75, 3.05) is 5.32 Å². The zero-order valence-electron chi connectivity index (χ0n) is 12.7. The highest BCUT2D eigenvalue weighted by Gasteiger charge is 2.22. The fourth-order valence-corrected chi connectivity index (χ4v) is 2.44. The van der Waals surface area contributed by atoms with Crippen molar-refractivity contribution in [1.29, 1.82) is 0 Å². The Morgan fingerprint density at radius 1 is 1.19 bits per heavy atom. The SMILES string of the molecule is Cc1ccnc(Cl)c1NC(=O)c1ccccc1C(C)(C)C. The minimum absolute atomic E-state index is 0.109. The summed E-state index contributed by atoms with van der Waals surface area (Å²) < 4.78 is 0. The van der Waals surface area contributed by atoms with E-state index in [2.05, 4.69) is 31.1 Å². The number of anilines is 1. The fraction of sp³-hybridized carbons (Fsp3) is 0.294. The lowest BCUT2D eigenvalue weighted by atomic mass is 9.83. The monoisotopic (exact) mass is 302 g/mol. The highest BCUT2D eigenvalue weighted by molar-refractivity contribution is 6.32. The van der Waals surface area contributed by atoms with Crippen LogP contribution in [0.4, 0.5) is 5.69 Å². The number of pyridine rings is 1. The maximum Gasteiger partial charge on any atom is 0.256 e. The molecule has 0 saturated heterocycles. The van der Waals surface area contributed by atoms with E-state index in [1.807, 2.05) is 37.3 Å². The first-order valence-corrected chi connectivity index (χ1v) is 7.20. The molecule has 4 heteroatoms. The van der Waals surface area contributed by atoms with Crippen molar-refractivity contribution in [2.24, 2.45) is 0 Å². The predicted octanol–water partition coefficient (Wildman–Crippen LogP) is 4.59. The number of benzene rings is 1. The standard InChI is InChI=1S/C17H19ClN2O/c1-11-9-10-19-15(18)14(11)20-16(21)12-7-5-6-8-13(12)17(2,3)4/h5-10H,1-4H3,(H,20,21). The molecule has 0 unspecified atom stereocenters. The molecule has 1 N–H and O–H groups in total.